The summed E-state index contributed by atoms with van der Waals surface area (Å²) in [5, 5.41) is 10.0. The van der Waals surface area contributed by atoms with Crippen LogP contribution in [0.2, 0.25) is 0 Å². The molecule has 1 N–H and O–H groups in total. The third-order valence-corrected chi connectivity index (χ3v) is 3.58. The van der Waals surface area contributed by atoms with Crippen molar-refractivity contribution in [3.8, 4) is 0 Å². The molecule has 0 aliphatic carbocycles. The molecule has 1 aliphatic heterocycles. The van der Waals surface area contributed by atoms with Crippen molar-refractivity contribution in [1.82, 2.24) is 4.98 Å². The van der Waals surface area contributed by atoms with Crippen molar-refractivity contribution >= 4 is 17.7 Å². The van der Waals surface area contributed by atoms with Crippen molar-refractivity contribution < 1.29 is 14.6 Å². The fourth-order valence-electron chi connectivity index (χ4n) is 1.55. The van der Waals surface area contributed by atoms with Gasteiger partial charge in [0.2, 0.25) is 0 Å². The Morgan fingerprint density at radius 3 is 3.00 bits per heavy atom. The summed E-state index contributed by atoms with van der Waals surface area (Å²) in [6, 6.07) is 3.34. The van der Waals surface area contributed by atoms with Crippen LogP contribution in [0, 0.1) is 0 Å². The van der Waals surface area contributed by atoms with E-state index in [0.29, 0.717) is 5.25 Å². The summed E-state index contributed by atoms with van der Waals surface area (Å²) in [4.78, 5) is 14.8. The van der Waals surface area contributed by atoms with Crippen molar-refractivity contribution in [3.05, 3.63) is 23.9 Å². The van der Waals surface area contributed by atoms with Crippen LogP contribution in [0.15, 0.2) is 23.4 Å². The molecule has 4 nitrogen and oxygen atoms in total. The average Bonchev–Trinajstić information content (AvgIpc) is 2.31. The Morgan fingerprint density at radius 2 is 2.44 bits per heavy atom. The smallest absolute Gasteiger partial charge is 0.337 e. The van der Waals surface area contributed by atoms with E-state index in [0.717, 1.165) is 31.1 Å². The van der Waals surface area contributed by atoms with Crippen LogP contribution < -0.4 is 0 Å². The minimum absolute atomic E-state index is 0.226. The lowest BCUT2D eigenvalue weighted by molar-refractivity contribution is 0.0696. The van der Waals surface area contributed by atoms with Gasteiger partial charge in [0.25, 0.3) is 0 Å². The molecular formula is C11H13NO3S. The van der Waals surface area contributed by atoms with Crippen LogP contribution in [0.5, 0.6) is 0 Å². The van der Waals surface area contributed by atoms with Gasteiger partial charge < -0.3 is 9.84 Å². The second kappa shape index (κ2) is 5.32. The molecule has 0 radical (unpaired) electrons. The maximum atomic E-state index is 10.6. The fraction of sp³-hybridized carbons (Fsp3) is 0.455. The van der Waals surface area contributed by atoms with Gasteiger partial charge in [-0.15, -0.1) is 11.8 Å². The summed E-state index contributed by atoms with van der Waals surface area (Å²) >= 11 is 1.66. The van der Waals surface area contributed by atoms with Gasteiger partial charge in [0, 0.05) is 18.1 Å². The third kappa shape index (κ3) is 2.96. The zero-order valence-corrected chi connectivity index (χ0v) is 9.57. The van der Waals surface area contributed by atoms with Gasteiger partial charge in [-0.2, -0.15) is 0 Å². The van der Waals surface area contributed by atoms with E-state index in [1.807, 2.05) is 0 Å². The molecule has 1 aromatic rings. The topological polar surface area (TPSA) is 59.4 Å². The van der Waals surface area contributed by atoms with Gasteiger partial charge in [-0.3, -0.25) is 0 Å². The van der Waals surface area contributed by atoms with Crippen LogP contribution in [-0.4, -0.2) is 34.5 Å². The monoisotopic (exact) mass is 239 g/mol. The van der Waals surface area contributed by atoms with Gasteiger partial charge in [0.15, 0.2) is 0 Å². The highest BCUT2D eigenvalue weighted by atomic mass is 32.2. The van der Waals surface area contributed by atoms with Gasteiger partial charge in [0.05, 0.1) is 17.2 Å². The second-order valence-corrected chi connectivity index (χ2v) is 4.97. The van der Waals surface area contributed by atoms with Crippen molar-refractivity contribution in [2.45, 2.75) is 23.1 Å². The molecule has 1 unspecified atom stereocenters. The first-order chi connectivity index (χ1) is 7.75. The number of rotatable bonds is 3. The lowest BCUT2D eigenvalue weighted by Crippen LogP contribution is -2.19. The highest BCUT2D eigenvalue weighted by Crippen LogP contribution is 2.27. The molecule has 1 aliphatic rings. The summed E-state index contributed by atoms with van der Waals surface area (Å²) < 4.78 is 5.37. The Morgan fingerprint density at radius 1 is 1.56 bits per heavy atom. The van der Waals surface area contributed by atoms with Crippen LogP contribution >= 0.6 is 11.8 Å². The first kappa shape index (κ1) is 11.4. The molecule has 5 heteroatoms. The van der Waals surface area contributed by atoms with Gasteiger partial charge in [0.1, 0.15) is 0 Å². The second-order valence-electron chi connectivity index (χ2n) is 3.65. The lowest BCUT2D eigenvalue weighted by Gasteiger charge is -2.20. The molecule has 1 saturated heterocycles. The van der Waals surface area contributed by atoms with Gasteiger partial charge in [-0.1, -0.05) is 0 Å². The third-order valence-electron chi connectivity index (χ3n) is 2.39. The minimum Gasteiger partial charge on any atom is -0.478 e. The molecular weight excluding hydrogens is 226 g/mol. The van der Waals surface area contributed by atoms with E-state index in [2.05, 4.69) is 4.98 Å². The Hall–Kier alpha value is -1.07. The van der Waals surface area contributed by atoms with Gasteiger partial charge in [-0.05, 0) is 25.0 Å². The molecule has 0 bridgehead atoms. The molecule has 2 heterocycles. The van der Waals surface area contributed by atoms with E-state index in [4.69, 9.17) is 9.84 Å². The molecule has 16 heavy (non-hydrogen) atoms. The Bertz CT molecular complexity index is 360. The van der Waals surface area contributed by atoms with Crippen molar-refractivity contribution in [1.29, 1.82) is 0 Å². The molecule has 2 rings (SSSR count). The number of nitrogens with zero attached hydrogens (tertiary/aromatic N) is 1. The van der Waals surface area contributed by atoms with E-state index in [1.165, 1.54) is 6.20 Å². The molecule has 0 saturated carbocycles. The van der Waals surface area contributed by atoms with Crippen LogP contribution in [0.3, 0.4) is 0 Å². The maximum Gasteiger partial charge on any atom is 0.337 e. The zero-order chi connectivity index (χ0) is 11.4. The van der Waals surface area contributed by atoms with Crippen LogP contribution in [-0.2, 0) is 4.74 Å². The van der Waals surface area contributed by atoms with E-state index in [1.54, 1.807) is 23.9 Å². The number of carbonyl (C=O) groups is 1. The van der Waals surface area contributed by atoms with E-state index >= 15 is 0 Å². The molecule has 0 amide bonds. The summed E-state index contributed by atoms with van der Waals surface area (Å²) in [7, 11) is 0. The number of pyridine rings is 1. The molecule has 0 spiro atoms. The SMILES string of the molecule is O=C(O)c1ccc(SC2CCCOC2)nc1. The van der Waals surface area contributed by atoms with E-state index < -0.39 is 5.97 Å². The summed E-state index contributed by atoms with van der Waals surface area (Å²) in [6.45, 7) is 1.61. The molecule has 0 aromatic carbocycles. The van der Waals surface area contributed by atoms with Crippen LogP contribution in [0.4, 0.5) is 0 Å². The van der Waals surface area contributed by atoms with Crippen LogP contribution in [0.1, 0.15) is 23.2 Å². The number of carboxylic acids is 1. The summed E-state index contributed by atoms with van der Waals surface area (Å²) in [5.74, 6) is -0.940. The quantitative estimate of drug-likeness (QED) is 0.874. The lowest BCUT2D eigenvalue weighted by atomic mass is 10.2. The largest absolute Gasteiger partial charge is 0.478 e. The molecule has 1 fully saturated rings. The molecule has 1 atom stereocenters. The number of aromatic nitrogens is 1. The zero-order valence-electron chi connectivity index (χ0n) is 8.76. The predicted molar refractivity (Wildman–Crippen MR) is 60.9 cm³/mol. The average molecular weight is 239 g/mol. The van der Waals surface area contributed by atoms with E-state index in [-0.39, 0.29) is 5.56 Å². The first-order valence-corrected chi connectivity index (χ1v) is 6.07. The van der Waals surface area contributed by atoms with Crippen molar-refractivity contribution in [2.24, 2.45) is 0 Å². The Kier molecular flexibility index (Phi) is 3.79. The van der Waals surface area contributed by atoms with Gasteiger partial charge in [-0.25, -0.2) is 9.78 Å². The first-order valence-electron chi connectivity index (χ1n) is 5.19. The molecule has 86 valence electrons. The number of hydrogen-bond acceptors (Lipinski definition) is 4. The number of aromatic carboxylic acids is 1. The number of carboxylic acid groups (broad SMARTS) is 1. The minimum atomic E-state index is -0.940. The van der Waals surface area contributed by atoms with Crippen molar-refractivity contribution in [2.75, 3.05) is 13.2 Å². The summed E-state index contributed by atoms with van der Waals surface area (Å²) in [6.07, 6.45) is 3.62. The highest BCUT2D eigenvalue weighted by molar-refractivity contribution is 7.99. The molecule has 1 aromatic heterocycles. The van der Waals surface area contributed by atoms with Crippen molar-refractivity contribution in [3.63, 3.8) is 0 Å². The number of hydrogen-bond donors (Lipinski definition) is 1. The normalized spacial score (nSPS) is 20.6. The highest BCUT2D eigenvalue weighted by Gasteiger charge is 2.15. The maximum absolute atomic E-state index is 10.6. The van der Waals surface area contributed by atoms with Crippen LogP contribution in [0.25, 0.3) is 0 Å². The Labute approximate surface area is 98.0 Å². The van der Waals surface area contributed by atoms with Gasteiger partial charge >= 0.3 is 5.97 Å². The predicted octanol–water partition coefficient (Wildman–Crippen LogP) is 2.05. The standard InChI is InChI=1S/C11H13NO3S/c13-11(14)8-3-4-10(12-6-8)16-9-2-1-5-15-7-9/h3-4,6,9H,1-2,5,7H2,(H,13,14). The Balaban J connectivity index is 1.96. The van der Waals surface area contributed by atoms with E-state index in [9.17, 15) is 4.79 Å². The number of thioether (sulfide) groups is 1. The fourth-order valence-corrected chi connectivity index (χ4v) is 2.60. The number of ether oxygens (including phenoxy) is 1. The summed E-state index contributed by atoms with van der Waals surface area (Å²) in [5.41, 5.74) is 0.226.